The molecule has 2 aromatic heterocycles. The minimum atomic E-state index is 0.647. The molecule has 10 rings (SSSR count). The standard InChI is InChI=1S/C47H30N2OS/c1-2-13-32(14-3-1)38-20-6-8-24-42(38)49(34-18-10-17-33(29-34)37-21-11-16-31-15-4-5-19-36(31)37)35-27-28-39-45(30-35)51-44-26-12-22-40(46(39)44)47-48-41-23-7-9-25-43(41)50-47/h1-30H. The summed E-state index contributed by atoms with van der Waals surface area (Å²) < 4.78 is 8.68. The van der Waals surface area contributed by atoms with Crippen LogP contribution in [-0.2, 0) is 0 Å². The number of oxazole rings is 1. The van der Waals surface area contributed by atoms with Crippen molar-refractivity contribution in [1.29, 1.82) is 0 Å². The van der Waals surface area contributed by atoms with Crippen molar-refractivity contribution >= 4 is 70.4 Å². The molecule has 0 radical (unpaired) electrons. The lowest BCUT2D eigenvalue weighted by Gasteiger charge is -2.28. The molecule has 0 fully saturated rings. The van der Waals surface area contributed by atoms with E-state index in [9.17, 15) is 0 Å². The van der Waals surface area contributed by atoms with Crippen LogP contribution in [0, 0.1) is 0 Å². The van der Waals surface area contributed by atoms with Gasteiger partial charge in [-0.15, -0.1) is 11.3 Å². The van der Waals surface area contributed by atoms with Crippen LogP contribution in [0.15, 0.2) is 186 Å². The minimum Gasteiger partial charge on any atom is -0.436 e. The third-order valence-corrected chi connectivity index (χ3v) is 10.8. The van der Waals surface area contributed by atoms with Crippen molar-refractivity contribution in [3.8, 4) is 33.7 Å². The third-order valence-electron chi connectivity index (χ3n) is 9.70. The van der Waals surface area contributed by atoms with E-state index >= 15 is 0 Å². The fourth-order valence-electron chi connectivity index (χ4n) is 7.37. The number of hydrogen-bond acceptors (Lipinski definition) is 4. The second-order valence-corrected chi connectivity index (χ2v) is 13.8. The van der Waals surface area contributed by atoms with Gasteiger partial charge in [0.05, 0.1) is 5.69 Å². The molecule has 4 heteroatoms. The zero-order valence-electron chi connectivity index (χ0n) is 27.5. The number of thiophene rings is 1. The molecular formula is C47H30N2OS. The SMILES string of the molecule is c1ccc(-c2ccccc2N(c2cccc(-c3cccc4ccccc34)c2)c2ccc3c(c2)sc2cccc(-c4nc5ccccc5o4)c23)cc1. The number of nitrogens with zero attached hydrogens (tertiary/aromatic N) is 2. The third kappa shape index (κ3) is 5.08. The van der Waals surface area contributed by atoms with Gasteiger partial charge < -0.3 is 9.32 Å². The van der Waals surface area contributed by atoms with Gasteiger partial charge in [-0.25, -0.2) is 4.98 Å². The van der Waals surface area contributed by atoms with Crippen LogP contribution in [0.1, 0.15) is 0 Å². The van der Waals surface area contributed by atoms with Gasteiger partial charge in [0.2, 0.25) is 5.89 Å². The molecule has 0 saturated heterocycles. The Morgan fingerprint density at radius 3 is 2.12 bits per heavy atom. The van der Waals surface area contributed by atoms with Crippen LogP contribution in [0.25, 0.3) is 75.8 Å². The Hall–Kier alpha value is -6.49. The summed E-state index contributed by atoms with van der Waals surface area (Å²) in [6, 6.07) is 64.7. The van der Waals surface area contributed by atoms with E-state index in [-0.39, 0.29) is 0 Å². The highest BCUT2D eigenvalue weighted by molar-refractivity contribution is 7.26. The Labute approximate surface area is 299 Å². The van der Waals surface area contributed by atoms with Crippen LogP contribution < -0.4 is 4.90 Å². The van der Waals surface area contributed by atoms with Gasteiger partial charge in [0.25, 0.3) is 0 Å². The molecule has 10 aromatic rings. The molecule has 0 bridgehead atoms. The van der Waals surface area contributed by atoms with Crippen molar-refractivity contribution in [1.82, 2.24) is 4.98 Å². The zero-order chi connectivity index (χ0) is 33.7. The van der Waals surface area contributed by atoms with Gasteiger partial charge >= 0.3 is 0 Å². The van der Waals surface area contributed by atoms with Crippen molar-refractivity contribution in [2.75, 3.05) is 4.90 Å². The predicted octanol–water partition coefficient (Wildman–Crippen LogP) is 13.8. The highest BCUT2D eigenvalue weighted by atomic mass is 32.1. The molecular weight excluding hydrogens is 641 g/mol. The quantitative estimate of drug-likeness (QED) is 0.176. The summed E-state index contributed by atoms with van der Waals surface area (Å²) in [5, 5.41) is 4.84. The van der Waals surface area contributed by atoms with Crippen molar-refractivity contribution < 1.29 is 4.42 Å². The number of benzene rings is 8. The number of fused-ring (bicyclic) bond motifs is 5. The molecule has 0 amide bonds. The summed E-state index contributed by atoms with van der Waals surface area (Å²) in [7, 11) is 0. The summed E-state index contributed by atoms with van der Waals surface area (Å²) in [5.41, 5.74) is 10.7. The van der Waals surface area contributed by atoms with E-state index < -0.39 is 0 Å². The Balaban J connectivity index is 1.18. The highest BCUT2D eigenvalue weighted by Gasteiger charge is 2.21. The molecule has 0 saturated carbocycles. The first-order valence-electron chi connectivity index (χ1n) is 17.1. The molecule has 0 aliphatic heterocycles. The molecule has 0 N–H and O–H groups in total. The Morgan fingerprint density at radius 1 is 0.471 bits per heavy atom. The Kier molecular flexibility index (Phi) is 7.00. The number of para-hydroxylation sites is 3. The van der Waals surface area contributed by atoms with Gasteiger partial charge in [-0.2, -0.15) is 0 Å². The van der Waals surface area contributed by atoms with E-state index in [0.29, 0.717) is 5.89 Å². The summed E-state index contributed by atoms with van der Waals surface area (Å²) in [5.74, 6) is 0.647. The fourth-order valence-corrected chi connectivity index (χ4v) is 8.53. The molecule has 51 heavy (non-hydrogen) atoms. The average molecular weight is 671 g/mol. The zero-order valence-corrected chi connectivity index (χ0v) is 28.3. The van der Waals surface area contributed by atoms with Crippen LogP contribution in [0.3, 0.4) is 0 Å². The minimum absolute atomic E-state index is 0.647. The topological polar surface area (TPSA) is 29.3 Å². The fraction of sp³-hybridized carbons (Fsp3) is 0. The van der Waals surface area contributed by atoms with Gasteiger partial charge in [0, 0.05) is 42.7 Å². The maximum Gasteiger partial charge on any atom is 0.227 e. The van der Waals surface area contributed by atoms with Crippen LogP contribution in [0.4, 0.5) is 17.1 Å². The summed E-state index contributed by atoms with van der Waals surface area (Å²) in [6.07, 6.45) is 0. The number of aromatic nitrogens is 1. The predicted molar refractivity (Wildman–Crippen MR) is 215 cm³/mol. The molecule has 3 nitrogen and oxygen atoms in total. The second kappa shape index (κ2) is 12.1. The number of hydrogen-bond donors (Lipinski definition) is 0. The van der Waals surface area contributed by atoms with Crippen molar-refractivity contribution in [2.45, 2.75) is 0 Å². The van der Waals surface area contributed by atoms with Gasteiger partial charge in [-0.1, -0.05) is 127 Å². The average Bonchev–Trinajstić information content (AvgIpc) is 3.80. The van der Waals surface area contributed by atoms with E-state index in [1.165, 1.54) is 53.2 Å². The van der Waals surface area contributed by atoms with E-state index in [4.69, 9.17) is 9.40 Å². The molecule has 0 aliphatic rings. The van der Waals surface area contributed by atoms with E-state index in [0.717, 1.165) is 33.7 Å². The molecule has 0 unspecified atom stereocenters. The Morgan fingerprint density at radius 2 is 1.18 bits per heavy atom. The molecule has 240 valence electrons. The first-order valence-corrected chi connectivity index (χ1v) is 17.9. The van der Waals surface area contributed by atoms with Crippen LogP contribution in [-0.4, -0.2) is 4.98 Å². The Bertz CT molecular complexity index is 2850. The highest BCUT2D eigenvalue weighted by Crippen LogP contribution is 2.46. The van der Waals surface area contributed by atoms with E-state index in [2.05, 4.69) is 163 Å². The number of rotatable bonds is 6. The van der Waals surface area contributed by atoms with Gasteiger partial charge in [-0.3, -0.25) is 0 Å². The van der Waals surface area contributed by atoms with Gasteiger partial charge in [-0.05, 0) is 82.1 Å². The van der Waals surface area contributed by atoms with Crippen molar-refractivity contribution in [3.63, 3.8) is 0 Å². The van der Waals surface area contributed by atoms with Gasteiger partial charge in [0.15, 0.2) is 5.58 Å². The number of anilines is 3. The normalized spacial score (nSPS) is 11.5. The lowest BCUT2D eigenvalue weighted by atomic mass is 9.97. The van der Waals surface area contributed by atoms with Crippen molar-refractivity contribution in [2.24, 2.45) is 0 Å². The maximum atomic E-state index is 6.27. The molecule has 0 spiro atoms. The molecule has 2 heterocycles. The van der Waals surface area contributed by atoms with E-state index in [1.807, 2.05) is 24.3 Å². The molecule has 0 aliphatic carbocycles. The van der Waals surface area contributed by atoms with E-state index in [1.54, 1.807) is 11.3 Å². The largest absolute Gasteiger partial charge is 0.436 e. The van der Waals surface area contributed by atoms with Crippen LogP contribution >= 0.6 is 11.3 Å². The first-order chi connectivity index (χ1) is 25.3. The monoisotopic (exact) mass is 670 g/mol. The first kappa shape index (κ1) is 29.4. The van der Waals surface area contributed by atoms with Crippen LogP contribution in [0.5, 0.6) is 0 Å². The van der Waals surface area contributed by atoms with Crippen LogP contribution in [0.2, 0.25) is 0 Å². The lowest BCUT2D eigenvalue weighted by Crippen LogP contribution is -2.11. The maximum absolute atomic E-state index is 6.27. The summed E-state index contributed by atoms with van der Waals surface area (Å²) in [6.45, 7) is 0. The van der Waals surface area contributed by atoms with Gasteiger partial charge in [0.1, 0.15) is 5.52 Å². The molecule has 0 atom stereocenters. The summed E-state index contributed by atoms with van der Waals surface area (Å²) >= 11 is 1.81. The smallest absolute Gasteiger partial charge is 0.227 e. The summed E-state index contributed by atoms with van der Waals surface area (Å²) in [4.78, 5) is 7.27. The lowest BCUT2D eigenvalue weighted by molar-refractivity contribution is 0.620. The second-order valence-electron chi connectivity index (χ2n) is 12.7. The van der Waals surface area contributed by atoms with Crippen molar-refractivity contribution in [3.05, 3.63) is 182 Å². The molecule has 8 aromatic carbocycles.